The number of ketones is 1. The minimum Gasteiger partial charge on any atom is -0.504 e. The number of alkyl carbamates (subject to hydrolysis) is 1. The van der Waals surface area contributed by atoms with E-state index in [2.05, 4.69) is 5.32 Å². The van der Waals surface area contributed by atoms with Gasteiger partial charge >= 0.3 is 6.09 Å². The highest BCUT2D eigenvalue weighted by molar-refractivity contribution is 5.85. The largest absolute Gasteiger partial charge is 0.504 e. The Kier molecular flexibility index (Phi) is 5.78. The number of hydrogen-bond acceptors (Lipinski definition) is 5. The van der Waals surface area contributed by atoms with Gasteiger partial charge in [-0.25, -0.2) is 4.79 Å². The maximum atomic E-state index is 11.9. The van der Waals surface area contributed by atoms with Gasteiger partial charge in [0.25, 0.3) is 0 Å². The standard InChI is InChI=1S/C18H19NO5/c1-12(20)15(9-14-7-8-16(21)17(22)10-14)19-18(23)24-11-13-5-3-2-4-6-13/h2-8,10,15,21-22H,9,11H2,1H3,(H,19,23)/t15-/m0/s1. The lowest BCUT2D eigenvalue weighted by Crippen LogP contribution is -2.41. The molecule has 126 valence electrons. The van der Waals surface area contributed by atoms with Crippen molar-refractivity contribution in [2.45, 2.75) is 26.0 Å². The summed E-state index contributed by atoms with van der Waals surface area (Å²) < 4.78 is 5.10. The van der Waals surface area contributed by atoms with E-state index in [1.165, 1.54) is 19.1 Å². The zero-order valence-electron chi connectivity index (χ0n) is 13.2. The van der Waals surface area contributed by atoms with Crippen LogP contribution in [0.15, 0.2) is 48.5 Å². The van der Waals surface area contributed by atoms with Crippen LogP contribution in [0.5, 0.6) is 11.5 Å². The third-order valence-corrected chi connectivity index (χ3v) is 3.48. The van der Waals surface area contributed by atoms with Crippen LogP contribution in [0.25, 0.3) is 0 Å². The second-order valence-electron chi connectivity index (χ2n) is 5.40. The number of hydrogen-bond donors (Lipinski definition) is 3. The summed E-state index contributed by atoms with van der Waals surface area (Å²) in [5.41, 5.74) is 1.45. The Bertz CT molecular complexity index is 715. The van der Waals surface area contributed by atoms with Crippen molar-refractivity contribution < 1.29 is 24.5 Å². The van der Waals surface area contributed by atoms with Gasteiger partial charge in [0.15, 0.2) is 17.3 Å². The number of aromatic hydroxyl groups is 2. The zero-order chi connectivity index (χ0) is 17.5. The maximum Gasteiger partial charge on any atom is 0.408 e. The third-order valence-electron chi connectivity index (χ3n) is 3.48. The van der Waals surface area contributed by atoms with E-state index in [0.29, 0.717) is 5.56 Å². The number of carbonyl (C=O) groups excluding carboxylic acids is 2. The van der Waals surface area contributed by atoms with Crippen molar-refractivity contribution in [3.8, 4) is 11.5 Å². The Morgan fingerprint density at radius 2 is 1.75 bits per heavy atom. The zero-order valence-corrected chi connectivity index (χ0v) is 13.2. The fourth-order valence-electron chi connectivity index (χ4n) is 2.14. The molecule has 2 aromatic carbocycles. The van der Waals surface area contributed by atoms with Crippen molar-refractivity contribution >= 4 is 11.9 Å². The van der Waals surface area contributed by atoms with Crippen molar-refractivity contribution in [3.63, 3.8) is 0 Å². The van der Waals surface area contributed by atoms with Crippen LogP contribution in [-0.4, -0.2) is 28.1 Å². The van der Waals surface area contributed by atoms with Crippen LogP contribution in [0.1, 0.15) is 18.1 Å². The molecule has 0 fully saturated rings. The molecule has 0 spiro atoms. The molecule has 24 heavy (non-hydrogen) atoms. The molecule has 0 saturated carbocycles. The second-order valence-corrected chi connectivity index (χ2v) is 5.40. The first-order valence-corrected chi connectivity index (χ1v) is 7.44. The number of nitrogens with one attached hydrogen (secondary N) is 1. The van der Waals surface area contributed by atoms with Gasteiger partial charge in [0.1, 0.15) is 6.61 Å². The van der Waals surface area contributed by atoms with E-state index in [-0.39, 0.29) is 30.3 Å². The summed E-state index contributed by atoms with van der Waals surface area (Å²) in [5, 5.41) is 21.3. The molecule has 0 unspecified atom stereocenters. The first-order chi connectivity index (χ1) is 11.5. The van der Waals surface area contributed by atoms with Gasteiger partial charge in [0.2, 0.25) is 0 Å². The minimum absolute atomic E-state index is 0.108. The van der Waals surface area contributed by atoms with E-state index < -0.39 is 12.1 Å². The molecular formula is C18H19NO5. The van der Waals surface area contributed by atoms with Gasteiger partial charge in [-0.3, -0.25) is 4.79 Å². The Morgan fingerprint density at radius 1 is 1.04 bits per heavy atom. The molecule has 0 radical (unpaired) electrons. The minimum atomic E-state index is -0.780. The summed E-state index contributed by atoms with van der Waals surface area (Å²) in [4.78, 5) is 23.6. The molecule has 0 aromatic heterocycles. The Morgan fingerprint density at radius 3 is 2.38 bits per heavy atom. The molecule has 6 nitrogen and oxygen atoms in total. The van der Waals surface area contributed by atoms with Crippen molar-refractivity contribution in [2.24, 2.45) is 0 Å². The molecule has 0 aliphatic heterocycles. The number of phenols is 2. The normalized spacial score (nSPS) is 11.5. The third kappa shape index (κ3) is 5.01. The second kappa shape index (κ2) is 8.01. The molecule has 6 heteroatoms. The van der Waals surface area contributed by atoms with Gasteiger partial charge in [-0.1, -0.05) is 36.4 Å². The average Bonchev–Trinajstić information content (AvgIpc) is 2.56. The van der Waals surface area contributed by atoms with Crippen molar-refractivity contribution in [1.82, 2.24) is 5.32 Å². The number of carbonyl (C=O) groups is 2. The number of amides is 1. The molecule has 2 aromatic rings. The predicted molar refractivity (Wildman–Crippen MR) is 87.7 cm³/mol. The molecule has 0 aliphatic rings. The van der Waals surface area contributed by atoms with Gasteiger partial charge in [0, 0.05) is 0 Å². The van der Waals surface area contributed by atoms with Crippen molar-refractivity contribution in [1.29, 1.82) is 0 Å². The predicted octanol–water partition coefficient (Wildman–Crippen LogP) is 2.52. The lowest BCUT2D eigenvalue weighted by Gasteiger charge is -2.16. The van der Waals surface area contributed by atoms with Gasteiger partial charge in [0.05, 0.1) is 6.04 Å². The highest BCUT2D eigenvalue weighted by Crippen LogP contribution is 2.25. The summed E-state index contributed by atoms with van der Waals surface area (Å²) in [7, 11) is 0. The maximum absolute atomic E-state index is 11.9. The lowest BCUT2D eigenvalue weighted by atomic mass is 10.0. The van der Waals surface area contributed by atoms with E-state index in [0.717, 1.165) is 5.56 Å². The fraction of sp³-hybridized carbons (Fsp3) is 0.222. The quantitative estimate of drug-likeness (QED) is 0.708. The highest BCUT2D eigenvalue weighted by Gasteiger charge is 2.19. The number of rotatable bonds is 6. The summed E-state index contributed by atoms with van der Waals surface area (Å²) in [6.45, 7) is 1.47. The number of benzene rings is 2. The molecular weight excluding hydrogens is 310 g/mol. The van der Waals surface area contributed by atoms with Crippen LogP contribution in [0.4, 0.5) is 4.79 Å². The van der Waals surface area contributed by atoms with Crippen LogP contribution >= 0.6 is 0 Å². The Balaban J connectivity index is 1.93. The van der Waals surface area contributed by atoms with E-state index in [9.17, 15) is 19.8 Å². The van der Waals surface area contributed by atoms with Gasteiger partial charge in [-0.05, 0) is 36.6 Å². The molecule has 0 heterocycles. The summed E-state index contributed by atoms with van der Waals surface area (Å²) in [5.74, 6) is -0.756. The van der Waals surface area contributed by atoms with E-state index in [1.54, 1.807) is 6.07 Å². The molecule has 2 rings (SSSR count). The molecule has 1 atom stereocenters. The first kappa shape index (κ1) is 17.3. The molecule has 3 N–H and O–H groups in total. The molecule has 0 bridgehead atoms. The smallest absolute Gasteiger partial charge is 0.408 e. The SMILES string of the molecule is CC(=O)[C@H](Cc1ccc(O)c(O)c1)NC(=O)OCc1ccccc1. The number of ether oxygens (including phenoxy) is 1. The van der Waals surface area contributed by atoms with Crippen LogP contribution < -0.4 is 5.32 Å². The summed E-state index contributed by atoms with van der Waals surface area (Å²) >= 11 is 0. The van der Waals surface area contributed by atoms with E-state index >= 15 is 0 Å². The summed E-state index contributed by atoms with van der Waals surface area (Å²) in [6, 6.07) is 12.7. The van der Waals surface area contributed by atoms with Gasteiger partial charge in [-0.2, -0.15) is 0 Å². The first-order valence-electron chi connectivity index (χ1n) is 7.44. The summed E-state index contributed by atoms with van der Waals surface area (Å²) in [6.07, 6.45) is -0.508. The van der Waals surface area contributed by atoms with Crippen LogP contribution in [-0.2, 0) is 22.6 Å². The lowest BCUT2D eigenvalue weighted by molar-refractivity contribution is -0.118. The monoisotopic (exact) mass is 329 g/mol. The Hall–Kier alpha value is -3.02. The van der Waals surface area contributed by atoms with Crippen molar-refractivity contribution in [2.75, 3.05) is 0 Å². The average molecular weight is 329 g/mol. The topological polar surface area (TPSA) is 95.9 Å². The van der Waals surface area contributed by atoms with Crippen molar-refractivity contribution in [3.05, 3.63) is 59.7 Å². The van der Waals surface area contributed by atoms with Crippen LogP contribution in [0.3, 0.4) is 0 Å². The van der Waals surface area contributed by atoms with Gasteiger partial charge in [-0.15, -0.1) is 0 Å². The molecule has 0 aliphatic carbocycles. The Labute approximate surface area is 139 Å². The van der Waals surface area contributed by atoms with E-state index in [4.69, 9.17) is 4.74 Å². The van der Waals surface area contributed by atoms with Gasteiger partial charge < -0.3 is 20.3 Å². The van der Waals surface area contributed by atoms with Crippen LogP contribution in [0, 0.1) is 0 Å². The number of phenolic OH excluding ortho intramolecular Hbond substituents is 2. The molecule has 0 saturated heterocycles. The molecule has 1 amide bonds. The van der Waals surface area contributed by atoms with E-state index in [1.807, 2.05) is 30.3 Å². The number of Topliss-reactive ketones (excluding diaryl/α,β-unsaturated/α-hetero) is 1. The highest BCUT2D eigenvalue weighted by atomic mass is 16.5. The fourth-order valence-corrected chi connectivity index (χ4v) is 2.14. The van der Waals surface area contributed by atoms with Crippen LogP contribution in [0.2, 0.25) is 0 Å².